The SMILES string of the molecule is CC(=O)c1cc(C(=O)N[C@H](Cc2ccc(-c3ccccc3F)cc2Cl)C[C@@H](O)C(=O)O)[nH]n1. The molecule has 2 atom stereocenters. The van der Waals surface area contributed by atoms with Gasteiger partial charge in [-0.15, -0.1) is 0 Å². The molecule has 2 aromatic carbocycles. The quantitative estimate of drug-likeness (QED) is 0.353. The second kappa shape index (κ2) is 10.4. The van der Waals surface area contributed by atoms with Crippen LogP contribution in [0.5, 0.6) is 0 Å². The van der Waals surface area contributed by atoms with Crippen LogP contribution in [0, 0.1) is 5.82 Å². The van der Waals surface area contributed by atoms with Crippen LogP contribution in [0.4, 0.5) is 4.39 Å². The van der Waals surface area contributed by atoms with Gasteiger partial charge in [0.15, 0.2) is 11.9 Å². The van der Waals surface area contributed by atoms with E-state index < -0.39 is 29.8 Å². The van der Waals surface area contributed by atoms with Gasteiger partial charge in [0.2, 0.25) is 0 Å². The summed E-state index contributed by atoms with van der Waals surface area (Å²) in [5, 5.41) is 28.0. The molecular formula is C23H21ClFN3O5. The number of halogens is 2. The molecule has 4 N–H and O–H groups in total. The van der Waals surface area contributed by atoms with Gasteiger partial charge in [-0.2, -0.15) is 5.10 Å². The number of benzene rings is 2. The number of carboxylic acids is 1. The van der Waals surface area contributed by atoms with Crippen LogP contribution >= 0.6 is 11.6 Å². The number of carbonyl (C=O) groups excluding carboxylic acids is 2. The number of hydrogen-bond donors (Lipinski definition) is 4. The number of aliphatic carboxylic acids is 1. The first kappa shape index (κ1) is 24.1. The van der Waals surface area contributed by atoms with Crippen LogP contribution < -0.4 is 5.32 Å². The van der Waals surface area contributed by atoms with Gasteiger partial charge < -0.3 is 15.5 Å². The molecule has 8 nitrogen and oxygen atoms in total. The van der Waals surface area contributed by atoms with Crippen molar-refractivity contribution < 1.29 is 29.0 Å². The summed E-state index contributed by atoms with van der Waals surface area (Å²) in [5.74, 6) is -2.79. The number of H-pyrrole nitrogens is 1. The first-order valence-electron chi connectivity index (χ1n) is 9.97. The topological polar surface area (TPSA) is 132 Å². The van der Waals surface area contributed by atoms with E-state index in [-0.39, 0.29) is 30.0 Å². The third kappa shape index (κ3) is 6.03. The molecule has 1 amide bonds. The van der Waals surface area contributed by atoms with Crippen molar-refractivity contribution in [2.75, 3.05) is 0 Å². The lowest BCUT2D eigenvalue weighted by Crippen LogP contribution is -2.40. The van der Waals surface area contributed by atoms with Crippen molar-refractivity contribution in [1.29, 1.82) is 0 Å². The molecule has 0 aliphatic carbocycles. The van der Waals surface area contributed by atoms with Crippen LogP contribution in [0.1, 0.15) is 39.9 Å². The molecule has 172 valence electrons. The minimum absolute atomic E-state index is 0.0102. The van der Waals surface area contributed by atoms with E-state index in [0.29, 0.717) is 21.7 Å². The summed E-state index contributed by atoms with van der Waals surface area (Å²) in [6.45, 7) is 1.30. The maximum absolute atomic E-state index is 14.1. The lowest BCUT2D eigenvalue weighted by atomic mass is 9.97. The first-order chi connectivity index (χ1) is 15.7. The standard InChI is InChI=1S/C23H21ClFN3O5/c1-12(29)19-11-20(28-27-19)22(31)26-15(10-21(30)23(32)33)8-14-7-6-13(9-17(14)24)16-4-2-3-5-18(16)25/h2-7,9,11,15,21,30H,8,10H2,1H3,(H,26,31)(H,27,28)(H,32,33)/t15-,21-/m1/s1. The molecule has 0 aliphatic rings. The second-order valence-electron chi connectivity index (χ2n) is 7.47. The average molecular weight is 474 g/mol. The number of hydrogen-bond acceptors (Lipinski definition) is 5. The largest absolute Gasteiger partial charge is 0.479 e. The first-order valence-corrected chi connectivity index (χ1v) is 10.3. The Balaban J connectivity index is 1.82. The minimum atomic E-state index is -1.72. The highest BCUT2D eigenvalue weighted by Gasteiger charge is 2.24. The molecule has 1 aromatic heterocycles. The number of rotatable bonds is 9. The average Bonchev–Trinajstić information content (AvgIpc) is 3.26. The second-order valence-corrected chi connectivity index (χ2v) is 7.88. The summed E-state index contributed by atoms with van der Waals surface area (Å²) in [6, 6.07) is 11.6. The van der Waals surface area contributed by atoms with E-state index in [0.717, 1.165) is 0 Å². The van der Waals surface area contributed by atoms with Gasteiger partial charge in [0.1, 0.15) is 17.2 Å². The number of aliphatic hydroxyl groups excluding tert-OH is 1. The Kier molecular flexibility index (Phi) is 7.57. The minimum Gasteiger partial charge on any atom is -0.479 e. The van der Waals surface area contributed by atoms with Crippen molar-refractivity contribution in [2.45, 2.75) is 31.9 Å². The fourth-order valence-electron chi connectivity index (χ4n) is 3.29. The number of Topliss-reactive ketones (excluding diaryl/α,β-unsaturated/α-hetero) is 1. The third-order valence-corrected chi connectivity index (χ3v) is 5.37. The van der Waals surface area contributed by atoms with Gasteiger partial charge in [-0.3, -0.25) is 14.7 Å². The van der Waals surface area contributed by atoms with E-state index in [2.05, 4.69) is 15.5 Å². The Hall–Kier alpha value is -3.56. The number of aromatic amines is 1. The highest BCUT2D eigenvalue weighted by atomic mass is 35.5. The summed E-state index contributed by atoms with van der Waals surface area (Å²) in [6.07, 6.45) is -1.92. The molecule has 0 saturated heterocycles. The third-order valence-electron chi connectivity index (χ3n) is 5.02. The zero-order chi connectivity index (χ0) is 24.1. The summed E-state index contributed by atoms with van der Waals surface area (Å²) in [4.78, 5) is 35.1. The Bertz CT molecular complexity index is 1200. The number of nitrogens with one attached hydrogen (secondary N) is 2. The van der Waals surface area contributed by atoms with Gasteiger partial charge in [0, 0.05) is 30.0 Å². The Labute approximate surface area is 193 Å². The molecule has 0 spiro atoms. The van der Waals surface area contributed by atoms with Crippen molar-refractivity contribution in [3.05, 3.63) is 76.3 Å². The van der Waals surface area contributed by atoms with Crippen molar-refractivity contribution in [2.24, 2.45) is 0 Å². The normalized spacial score (nSPS) is 12.7. The highest BCUT2D eigenvalue weighted by Crippen LogP contribution is 2.28. The predicted octanol–water partition coefficient (Wildman–Crippen LogP) is 3.25. The van der Waals surface area contributed by atoms with Crippen LogP contribution in [0.3, 0.4) is 0 Å². The van der Waals surface area contributed by atoms with E-state index >= 15 is 0 Å². The van der Waals surface area contributed by atoms with E-state index in [1.165, 1.54) is 19.1 Å². The summed E-state index contributed by atoms with van der Waals surface area (Å²) in [5.41, 5.74) is 1.58. The van der Waals surface area contributed by atoms with Gasteiger partial charge >= 0.3 is 5.97 Å². The molecule has 0 aliphatic heterocycles. The molecular weight excluding hydrogens is 453 g/mol. The summed E-state index contributed by atoms with van der Waals surface area (Å²) < 4.78 is 14.1. The number of carbonyl (C=O) groups is 3. The van der Waals surface area contributed by atoms with Crippen molar-refractivity contribution in [1.82, 2.24) is 15.5 Å². The molecule has 3 aromatic rings. The van der Waals surface area contributed by atoms with E-state index in [9.17, 15) is 23.9 Å². The predicted molar refractivity (Wildman–Crippen MR) is 119 cm³/mol. The molecule has 3 rings (SSSR count). The van der Waals surface area contributed by atoms with Crippen LogP contribution in [0.25, 0.3) is 11.1 Å². The smallest absolute Gasteiger partial charge is 0.332 e. The van der Waals surface area contributed by atoms with Crippen molar-refractivity contribution in [3.8, 4) is 11.1 Å². The van der Waals surface area contributed by atoms with Crippen LogP contribution in [0.15, 0.2) is 48.5 Å². The molecule has 0 fully saturated rings. The summed E-state index contributed by atoms with van der Waals surface area (Å²) in [7, 11) is 0. The van der Waals surface area contributed by atoms with Gasteiger partial charge in [-0.25, -0.2) is 9.18 Å². The zero-order valence-electron chi connectivity index (χ0n) is 17.5. The van der Waals surface area contributed by atoms with Crippen molar-refractivity contribution >= 4 is 29.3 Å². The molecule has 0 radical (unpaired) electrons. The Morgan fingerprint density at radius 3 is 2.52 bits per heavy atom. The number of aliphatic hydroxyl groups is 1. The molecule has 10 heteroatoms. The van der Waals surface area contributed by atoms with Gasteiger partial charge in [0.25, 0.3) is 5.91 Å². The fourth-order valence-corrected chi connectivity index (χ4v) is 3.54. The molecule has 33 heavy (non-hydrogen) atoms. The van der Waals surface area contributed by atoms with Crippen LogP contribution in [-0.4, -0.2) is 50.2 Å². The van der Waals surface area contributed by atoms with Crippen molar-refractivity contribution in [3.63, 3.8) is 0 Å². The molecule has 0 unspecified atom stereocenters. The van der Waals surface area contributed by atoms with E-state index in [1.807, 2.05) is 0 Å². The zero-order valence-corrected chi connectivity index (χ0v) is 18.3. The van der Waals surface area contributed by atoms with Gasteiger partial charge in [-0.1, -0.05) is 41.9 Å². The number of carboxylic acid groups (broad SMARTS) is 1. The number of aromatic nitrogens is 2. The van der Waals surface area contributed by atoms with Crippen LogP contribution in [-0.2, 0) is 11.2 Å². The lowest BCUT2D eigenvalue weighted by Gasteiger charge is -2.21. The highest BCUT2D eigenvalue weighted by molar-refractivity contribution is 6.31. The molecule has 1 heterocycles. The van der Waals surface area contributed by atoms with Gasteiger partial charge in [0.05, 0.1) is 0 Å². The number of nitrogens with zero attached hydrogens (tertiary/aromatic N) is 1. The van der Waals surface area contributed by atoms with E-state index in [1.54, 1.807) is 36.4 Å². The van der Waals surface area contributed by atoms with Crippen LogP contribution in [0.2, 0.25) is 5.02 Å². The Morgan fingerprint density at radius 1 is 1.18 bits per heavy atom. The van der Waals surface area contributed by atoms with E-state index in [4.69, 9.17) is 16.7 Å². The number of amides is 1. The van der Waals surface area contributed by atoms with Gasteiger partial charge in [-0.05, 0) is 35.7 Å². The number of ketones is 1. The molecule has 0 saturated carbocycles. The summed E-state index contributed by atoms with van der Waals surface area (Å²) >= 11 is 6.40. The molecule has 0 bridgehead atoms. The Morgan fingerprint density at radius 2 is 1.91 bits per heavy atom. The monoisotopic (exact) mass is 473 g/mol. The lowest BCUT2D eigenvalue weighted by molar-refractivity contribution is -0.147. The maximum Gasteiger partial charge on any atom is 0.332 e. The fraction of sp³-hybridized carbons (Fsp3) is 0.217. The maximum atomic E-state index is 14.1.